The van der Waals surface area contributed by atoms with Crippen molar-refractivity contribution in [3.8, 4) is 5.75 Å². The number of benzene rings is 1. The first-order valence-corrected chi connectivity index (χ1v) is 6.83. The predicted octanol–water partition coefficient (Wildman–Crippen LogP) is 4.03. The summed E-state index contributed by atoms with van der Waals surface area (Å²) < 4.78 is 10.7. The number of nitrogens with one attached hydrogen (secondary N) is 1. The second-order valence-corrected chi connectivity index (χ2v) is 4.49. The van der Waals surface area contributed by atoms with Crippen LogP contribution < -0.4 is 10.1 Å². The van der Waals surface area contributed by atoms with E-state index in [4.69, 9.17) is 20.8 Å². The van der Waals surface area contributed by atoms with Gasteiger partial charge in [-0.3, -0.25) is 0 Å². The summed E-state index contributed by atoms with van der Waals surface area (Å²) in [5.41, 5.74) is 2.05. The van der Waals surface area contributed by atoms with E-state index in [0.717, 1.165) is 23.4 Å². The minimum atomic E-state index is 0.0108. The summed E-state index contributed by atoms with van der Waals surface area (Å²) in [6.45, 7) is 5.53. The zero-order valence-electron chi connectivity index (χ0n) is 11.2. The van der Waals surface area contributed by atoms with Crippen molar-refractivity contribution < 1.29 is 9.15 Å². The lowest BCUT2D eigenvalue weighted by Crippen LogP contribution is -2.21. The van der Waals surface area contributed by atoms with E-state index in [0.29, 0.717) is 11.8 Å². The number of halogens is 1. The van der Waals surface area contributed by atoms with Crippen LogP contribution in [0.5, 0.6) is 5.75 Å². The van der Waals surface area contributed by atoms with Gasteiger partial charge in [0.05, 0.1) is 18.9 Å². The third-order valence-corrected chi connectivity index (χ3v) is 3.18. The third-order valence-electron chi connectivity index (χ3n) is 2.87. The maximum atomic E-state index is 6.08. The highest BCUT2D eigenvalue weighted by molar-refractivity contribution is 6.29. The van der Waals surface area contributed by atoms with Crippen LogP contribution in [-0.4, -0.2) is 13.2 Å². The standard InChI is InChI=1S/C15H18ClNO2/c1-3-17-14(13-8-9-19-15(13)16)11-6-5-7-12(10-11)18-4-2/h5-10,14,17H,3-4H2,1-2H3. The molecular formula is C15H18ClNO2. The second-order valence-electron chi connectivity index (χ2n) is 4.15. The van der Waals surface area contributed by atoms with Gasteiger partial charge in [0.15, 0.2) is 5.22 Å². The van der Waals surface area contributed by atoms with Gasteiger partial charge in [-0.1, -0.05) is 19.1 Å². The van der Waals surface area contributed by atoms with Crippen molar-refractivity contribution in [1.82, 2.24) is 5.32 Å². The summed E-state index contributed by atoms with van der Waals surface area (Å²) in [4.78, 5) is 0. The molecule has 2 aromatic rings. The Kier molecular flexibility index (Phi) is 4.88. The fraction of sp³-hybridized carbons (Fsp3) is 0.333. The normalized spacial score (nSPS) is 12.4. The molecule has 1 N–H and O–H groups in total. The van der Waals surface area contributed by atoms with Gasteiger partial charge >= 0.3 is 0 Å². The Hall–Kier alpha value is -1.45. The predicted molar refractivity (Wildman–Crippen MR) is 76.8 cm³/mol. The van der Waals surface area contributed by atoms with Crippen LogP contribution in [0.25, 0.3) is 0 Å². The lowest BCUT2D eigenvalue weighted by atomic mass is 10.0. The van der Waals surface area contributed by atoms with E-state index in [2.05, 4.69) is 18.3 Å². The molecule has 0 saturated carbocycles. The molecule has 0 saturated heterocycles. The molecule has 0 amide bonds. The van der Waals surface area contributed by atoms with Gasteiger partial charge in [0, 0.05) is 5.56 Å². The minimum Gasteiger partial charge on any atom is -0.494 e. The summed E-state index contributed by atoms with van der Waals surface area (Å²) in [6.07, 6.45) is 1.61. The molecule has 3 nitrogen and oxygen atoms in total. The highest BCUT2D eigenvalue weighted by Crippen LogP contribution is 2.30. The number of hydrogen-bond donors (Lipinski definition) is 1. The smallest absolute Gasteiger partial charge is 0.198 e. The van der Waals surface area contributed by atoms with E-state index in [9.17, 15) is 0 Å². The SMILES string of the molecule is CCNC(c1cccc(OCC)c1)c1ccoc1Cl. The van der Waals surface area contributed by atoms with Crippen molar-refractivity contribution in [1.29, 1.82) is 0 Å². The van der Waals surface area contributed by atoms with Crippen LogP contribution in [0, 0.1) is 0 Å². The summed E-state index contributed by atoms with van der Waals surface area (Å²) in [5, 5.41) is 3.84. The summed E-state index contributed by atoms with van der Waals surface area (Å²) in [7, 11) is 0. The molecule has 0 spiro atoms. The summed E-state index contributed by atoms with van der Waals surface area (Å²) in [5.74, 6) is 0.863. The highest BCUT2D eigenvalue weighted by Gasteiger charge is 2.18. The van der Waals surface area contributed by atoms with Crippen molar-refractivity contribution in [2.75, 3.05) is 13.2 Å². The Morgan fingerprint density at radius 1 is 1.32 bits per heavy atom. The van der Waals surface area contributed by atoms with E-state index in [-0.39, 0.29) is 6.04 Å². The number of hydrogen-bond acceptors (Lipinski definition) is 3. The van der Waals surface area contributed by atoms with Crippen molar-refractivity contribution in [3.63, 3.8) is 0 Å². The minimum absolute atomic E-state index is 0.0108. The van der Waals surface area contributed by atoms with Gasteiger partial charge in [0.1, 0.15) is 5.75 Å². The average molecular weight is 280 g/mol. The van der Waals surface area contributed by atoms with Gasteiger partial charge in [-0.2, -0.15) is 0 Å². The third kappa shape index (κ3) is 3.31. The molecule has 2 rings (SSSR count). The Morgan fingerprint density at radius 3 is 2.79 bits per heavy atom. The Balaban J connectivity index is 2.33. The van der Waals surface area contributed by atoms with E-state index in [1.807, 2.05) is 31.2 Å². The monoisotopic (exact) mass is 279 g/mol. The molecule has 0 aliphatic rings. The molecule has 0 radical (unpaired) electrons. The topological polar surface area (TPSA) is 34.4 Å². The molecule has 0 aliphatic heterocycles. The number of ether oxygens (including phenoxy) is 1. The van der Waals surface area contributed by atoms with Crippen molar-refractivity contribution in [2.45, 2.75) is 19.9 Å². The first-order chi connectivity index (χ1) is 9.26. The van der Waals surface area contributed by atoms with Gasteiger partial charge in [-0.25, -0.2) is 0 Å². The van der Waals surface area contributed by atoms with Gasteiger partial charge in [-0.15, -0.1) is 0 Å². The van der Waals surface area contributed by atoms with Crippen LogP contribution in [0.3, 0.4) is 0 Å². The molecule has 1 aromatic carbocycles. The molecule has 1 atom stereocenters. The lowest BCUT2D eigenvalue weighted by molar-refractivity contribution is 0.339. The molecule has 0 fully saturated rings. The second kappa shape index (κ2) is 6.64. The van der Waals surface area contributed by atoms with Gasteiger partial charge in [0.2, 0.25) is 0 Å². The number of furan rings is 1. The highest BCUT2D eigenvalue weighted by atomic mass is 35.5. The maximum Gasteiger partial charge on any atom is 0.198 e. The van der Waals surface area contributed by atoms with Crippen LogP contribution in [0.4, 0.5) is 0 Å². The lowest BCUT2D eigenvalue weighted by Gasteiger charge is -2.18. The van der Waals surface area contributed by atoms with Crippen molar-refractivity contribution >= 4 is 11.6 Å². The first-order valence-electron chi connectivity index (χ1n) is 6.45. The summed E-state index contributed by atoms with van der Waals surface area (Å²) >= 11 is 6.08. The Morgan fingerprint density at radius 2 is 2.16 bits per heavy atom. The van der Waals surface area contributed by atoms with E-state index < -0.39 is 0 Å². The molecule has 4 heteroatoms. The molecule has 1 heterocycles. The van der Waals surface area contributed by atoms with E-state index >= 15 is 0 Å². The zero-order valence-corrected chi connectivity index (χ0v) is 11.9. The van der Waals surface area contributed by atoms with Crippen LogP contribution in [0.1, 0.15) is 31.0 Å². The van der Waals surface area contributed by atoms with Crippen LogP contribution in [-0.2, 0) is 0 Å². The molecule has 0 aliphatic carbocycles. The fourth-order valence-corrected chi connectivity index (χ4v) is 2.30. The van der Waals surface area contributed by atoms with Crippen molar-refractivity contribution in [2.24, 2.45) is 0 Å². The summed E-state index contributed by atoms with van der Waals surface area (Å²) in [6, 6.07) is 9.92. The van der Waals surface area contributed by atoms with Gasteiger partial charge in [0.25, 0.3) is 0 Å². The quantitative estimate of drug-likeness (QED) is 0.867. The first kappa shape index (κ1) is 14.0. The van der Waals surface area contributed by atoms with Gasteiger partial charge < -0.3 is 14.5 Å². The Bertz CT molecular complexity index is 524. The molecular weight excluding hydrogens is 262 g/mol. The number of rotatable bonds is 6. The molecule has 0 bridgehead atoms. The van der Waals surface area contributed by atoms with E-state index in [1.165, 1.54) is 0 Å². The molecule has 102 valence electrons. The Labute approximate surface area is 118 Å². The maximum absolute atomic E-state index is 6.08. The molecule has 1 unspecified atom stereocenters. The fourth-order valence-electron chi connectivity index (χ4n) is 2.07. The van der Waals surface area contributed by atoms with Crippen LogP contribution >= 0.6 is 11.6 Å². The largest absolute Gasteiger partial charge is 0.494 e. The molecule has 1 aromatic heterocycles. The average Bonchev–Trinajstić information content (AvgIpc) is 2.83. The zero-order chi connectivity index (χ0) is 13.7. The molecule has 19 heavy (non-hydrogen) atoms. The van der Waals surface area contributed by atoms with Gasteiger partial charge in [-0.05, 0) is 48.8 Å². The van der Waals surface area contributed by atoms with E-state index in [1.54, 1.807) is 6.26 Å². The van der Waals surface area contributed by atoms with Crippen LogP contribution in [0.2, 0.25) is 5.22 Å². The van der Waals surface area contributed by atoms with Crippen LogP contribution in [0.15, 0.2) is 41.0 Å². The van der Waals surface area contributed by atoms with Crippen molar-refractivity contribution in [3.05, 3.63) is 52.9 Å².